The molecular weight excluding hydrogens is 206 g/mol. The van der Waals surface area contributed by atoms with E-state index >= 15 is 0 Å². The van der Waals surface area contributed by atoms with Gasteiger partial charge < -0.3 is 10.0 Å². The van der Waals surface area contributed by atoms with Gasteiger partial charge in [-0.05, 0) is 30.5 Å². The third kappa shape index (κ3) is 1.91. The van der Waals surface area contributed by atoms with Crippen LogP contribution in [0.5, 0.6) is 0 Å². The number of carboxylic acid groups (broad SMARTS) is 1. The Balaban J connectivity index is 2.42. The normalized spacial score (nSPS) is 14.8. The average Bonchev–Trinajstić information content (AvgIpc) is 2.22. The first-order valence-corrected chi connectivity index (χ1v) is 5.19. The molecule has 4 nitrogen and oxygen atoms in total. The zero-order valence-corrected chi connectivity index (χ0v) is 9.06. The first kappa shape index (κ1) is 10.7. The molecule has 0 radical (unpaired) electrons. The molecule has 84 valence electrons. The van der Waals surface area contributed by atoms with Crippen molar-refractivity contribution < 1.29 is 14.7 Å². The molecule has 1 aliphatic heterocycles. The van der Waals surface area contributed by atoms with Gasteiger partial charge in [-0.25, -0.2) is 0 Å². The lowest BCUT2D eigenvalue weighted by Crippen LogP contribution is -2.39. The van der Waals surface area contributed by atoms with Crippen LogP contribution in [0.4, 0.5) is 5.69 Å². The van der Waals surface area contributed by atoms with Crippen molar-refractivity contribution in [1.82, 2.24) is 0 Å². The van der Waals surface area contributed by atoms with Crippen LogP contribution in [-0.4, -0.2) is 23.5 Å². The number of anilines is 1. The van der Waals surface area contributed by atoms with Crippen molar-refractivity contribution in [2.75, 3.05) is 11.4 Å². The van der Waals surface area contributed by atoms with E-state index in [2.05, 4.69) is 0 Å². The minimum absolute atomic E-state index is 0.111. The van der Waals surface area contributed by atoms with E-state index in [9.17, 15) is 9.59 Å². The Kier molecular flexibility index (Phi) is 2.64. The molecule has 0 saturated heterocycles. The van der Waals surface area contributed by atoms with Crippen LogP contribution in [0.1, 0.15) is 17.5 Å². The molecule has 1 aromatic rings. The fourth-order valence-corrected chi connectivity index (χ4v) is 1.96. The highest BCUT2D eigenvalue weighted by Gasteiger charge is 2.25. The van der Waals surface area contributed by atoms with Gasteiger partial charge in [0, 0.05) is 12.1 Å². The van der Waals surface area contributed by atoms with E-state index in [0.717, 1.165) is 16.8 Å². The average molecular weight is 219 g/mol. The maximum Gasteiger partial charge on any atom is 0.323 e. The van der Waals surface area contributed by atoms with Crippen LogP contribution in [0.25, 0.3) is 0 Å². The van der Waals surface area contributed by atoms with Gasteiger partial charge in [-0.2, -0.15) is 0 Å². The highest BCUT2D eigenvalue weighted by molar-refractivity contribution is 5.99. The first-order valence-electron chi connectivity index (χ1n) is 5.19. The van der Waals surface area contributed by atoms with E-state index in [1.807, 2.05) is 25.1 Å². The van der Waals surface area contributed by atoms with E-state index in [1.54, 1.807) is 0 Å². The van der Waals surface area contributed by atoms with Gasteiger partial charge in [-0.3, -0.25) is 9.59 Å². The standard InChI is InChI=1S/C12H13NO3/c1-8-2-3-9-4-5-11(14)13(7-12(15)16)10(9)6-8/h2-3,6H,4-5,7H2,1H3,(H,15,16). The van der Waals surface area contributed by atoms with Crippen LogP contribution >= 0.6 is 0 Å². The Morgan fingerprint density at radius 1 is 1.44 bits per heavy atom. The van der Waals surface area contributed by atoms with Crippen molar-refractivity contribution >= 4 is 17.6 Å². The maximum atomic E-state index is 11.7. The number of rotatable bonds is 2. The Hall–Kier alpha value is -1.84. The Labute approximate surface area is 93.5 Å². The lowest BCUT2D eigenvalue weighted by Gasteiger charge is -2.28. The molecule has 0 aliphatic carbocycles. The lowest BCUT2D eigenvalue weighted by atomic mass is 9.99. The van der Waals surface area contributed by atoms with Gasteiger partial charge in [0.1, 0.15) is 6.54 Å². The van der Waals surface area contributed by atoms with E-state index in [-0.39, 0.29) is 12.5 Å². The molecule has 1 heterocycles. The van der Waals surface area contributed by atoms with Gasteiger partial charge in [-0.1, -0.05) is 12.1 Å². The number of benzene rings is 1. The number of hydrogen-bond donors (Lipinski definition) is 1. The molecule has 0 aromatic heterocycles. The van der Waals surface area contributed by atoms with Gasteiger partial charge >= 0.3 is 5.97 Å². The zero-order chi connectivity index (χ0) is 11.7. The second kappa shape index (κ2) is 3.96. The Morgan fingerprint density at radius 3 is 2.88 bits per heavy atom. The van der Waals surface area contributed by atoms with E-state index < -0.39 is 5.97 Å². The third-order valence-corrected chi connectivity index (χ3v) is 2.73. The lowest BCUT2D eigenvalue weighted by molar-refractivity contribution is -0.136. The molecule has 0 atom stereocenters. The summed E-state index contributed by atoms with van der Waals surface area (Å²) in [5.74, 6) is -1.09. The topological polar surface area (TPSA) is 57.6 Å². The molecule has 4 heteroatoms. The second-order valence-electron chi connectivity index (χ2n) is 4.01. The number of carbonyl (C=O) groups is 2. The largest absolute Gasteiger partial charge is 0.480 e. The number of nitrogens with zero attached hydrogens (tertiary/aromatic N) is 1. The number of fused-ring (bicyclic) bond motifs is 1. The molecule has 0 unspecified atom stereocenters. The number of carbonyl (C=O) groups excluding carboxylic acids is 1. The van der Waals surface area contributed by atoms with Crippen LogP contribution in [0.15, 0.2) is 18.2 Å². The minimum Gasteiger partial charge on any atom is -0.480 e. The number of aliphatic carboxylic acids is 1. The summed E-state index contributed by atoms with van der Waals surface area (Å²) in [6.07, 6.45) is 1.09. The number of hydrogen-bond acceptors (Lipinski definition) is 2. The molecule has 0 spiro atoms. The summed E-state index contributed by atoms with van der Waals surface area (Å²) in [5.41, 5.74) is 2.83. The summed E-state index contributed by atoms with van der Waals surface area (Å²) in [6.45, 7) is 1.67. The highest BCUT2D eigenvalue weighted by atomic mass is 16.4. The van der Waals surface area contributed by atoms with E-state index in [0.29, 0.717) is 12.8 Å². The fourth-order valence-electron chi connectivity index (χ4n) is 1.96. The third-order valence-electron chi connectivity index (χ3n) is 2.73. The van der Waals surface area contributed by atoms with Crippen LogP contribution in [0, 0.1) is 6.92 Å². The number of carboxylic acids is 1. The summed E-state index contributed by atoms with van der Waals surface area (Å²) in [6, 6.07) is 5.81. The van der Waals surface area contributed by atoms with Gasteiger partial charge in [0.05, 0.1) is 0 Å². The van der Waals surface area contributed by atoms with Crippen LogP contribution in [0.3, 0.4) is 0 Å². The molecular formula is C12H13NO3. The van der Waals surface area contributed by atoms with Crippen molar-refractivity contribution in [1.29, 1.82) is 0 Å². The molecule has 0 fully saturated rings. The Bertz CT molecular complexity index is 454. The van der Waals surface area contributed by atoms with Crippen LogP contribution in [-0.2, 0) is 16.0 Å². The van der Waals surface area contributed by atoms with Crippen molar-refractivity contribution in [2.45, 2.75) is 19.8 Å². The summed E-state index contributed by atoms with van der Waals surface area (Å²) >= 11 is 0. The molecule has 1 aromatic carbocycles. The highest BCUT2D eigenvalue weighted by Crippen LogP contribution is 2.28. The number of aryl methyl sites for hydroxylation is 2. The summed E-state index contributed by atoms with van der Waals surface area (Å²) < 4.78 is 0. The van der Waals surface area contributed by atoms with Crippen LogP contribution < -0.4 is 4.90 Å². The van der Waals surface area contributed by atoms with Gasteiger partial charge in [0.25, 0.3) is 0 Å². The fraction of sp³-hybridized carbons (Fsp3) is 0.333. The molecule has 0 bridgehead atoms. The van der Waals surface area contributed by atoms with Gasteiger partial charge in [0.15, 0.2) is 0 Å². The Morgan fingerprint density at radius 2 is 2.19 bits per heavy atom. The van der Waals surface area contributed by atoms with Crippen molar-refractivity contribution in [3.8, 4) is 0 Å². The van der Waals surface area contributed by atoms with Gasteiger partial charge in [-0.15, -0.1) is 0 Å². The first-order chi connectivity index (χ1) is 7.58. The molecule has 2 rings (SSSR count). The molecule has 1 aliphatic rings. The van der Waals surface area contributed by atoms with Crippen molar-refractivity contribution in [2.24, 2.45) is 0 Å². The number of amides is 1. The predicted molar refractivity (Wildman–Crippen MR) is 59.5 cm³/mol. The minimum atomic E-state index is -0.984. The molecule has 16 heavy (non-hydrogen) atoms. The molecule has 1 N–H and O–H groups in total. The predicted octanol–water partition coefficient (Wildman–Crippen LogP) is 1.36. The molecule has 0 saturated carbocycles. The zero-order valence-electron chi connectivity index (χ0n) is 9.06. The quantitative estimate of drug-likeness (QED) is 0.817. The maximum absolute atomic E-state index is 11.7. The summed E-state index contributed by atoms with van der Waals surface area (Å²) in [5, 5.41) is 8.78. The smallest absolute Gasteiger partial charge is 0.323 e. The second-order valence-corrected chi connectivity index (χ2v) is 4.01. The summed E-state index contributed by atoms with van der Waals surface area (Å²) in [4.78, 5) is 23.7. The van der Waals surface area contributed by atoms with Gasteiger partial charge in [0.2, 0.25) is 5.91 Å². The van der Waals surface area contributed by atoms with Crippen molar-refractivity contribution in [3.63, 3.8) is 0 Å². The van der Waals surface area contributed by atoms with Crippen LogP contribution in [0.2, 0.25) is 0 Å². The van der Waals surface area contributed by atoms with E-state index in [4.69, 9.17) is 5.11 Å². The van der Waals surface area contributed by atoms with Crippen molar-refractivity contribution in [3.05, 3.63) is 29.3 Å². The summed E-state index contributed by atoms with van der Waals surface area (Å²) in [7, 11) is 0. The SMILES string of the molecule is Cc1ccc2c(c1)N(CC(=O)O)C(=O)CC2. The van der Waals surface area contributed by atoms with E-state index in [1.165, 1.54) is 4.90 Å². The monoisotopic (exact) mass is 219 g/mol. The molecule has 1 amide bonds.